The van der Waals surface area contributed by atoms with E-state index in [1.54, 1.807) is 13.8 Å². The van der Waals surface area contributed by atoms with Crippen molar-refractivity contribution >= 4 is 5.91 Å². The number of piperazine rings is 1. The molecule has 0 unspecified atom stereocenters. The summed E-state index contributed by atoms with van der Waals surface area (Å²) in [6.07, 6.45) is 0.510. The van der Waals surface area contributed by atoms with Crippen LogP contribution in [0.1, 0.15) is 43.0 Å². The number of hydrogen-bond donors (Lipinski definition) is 1. The Morgan fingerprint density at radius 1 is 1.17 bits per heavy atom. The van der Waals surface area contributed by atoms with Gasteiger partial charge in [0.2, 0.25) is 5.91 Å². The van der Waals surface area contributed by atoms with Gasteiger partial charge in [-0.3, -0.25) is 4.79 Å². The number of rotatable bonds is 6. The minimum atomic E-state index is -0.163. The van der Waals surface area contributed by atoms with Gasteiger partial charge in [0.15, 0.2) is 0 Å². The molecule has 0 spiro atoms. The Bertz CT molecular complexity index is 545. The Kier molecular flexibility index (Phi) is 6.75. The van der Waals surface area contributed by atoms with Gasteiger partial charge >= 0.3 is 0 Å². The maximum absolute atomic E-state index is 13.7. The molecule has 24 heavy (non-hydrogen) atoms. The summed E-state index contributed by atoms with van der Waals surface area (Å²) in [5.74, 6) is -0.108. The summed E-state index contributed by atoms with van der Waals surface area (Å²) in [5, 5.41) is 3.03. The number of amides is 1. The second-order valence-electron chi connectivity index (χ2n) is 6.78. The third kappa shape index (κ3) is 5.02. The molecular formula is C19H30FN3O. The van der Waals surface area contributed by atoms with Crippen LogP contribution in [0.2, 0.25) is 0 Å². The van der Waals surface area contributed by atoms with Gasteiger partial charge in [0.25, 0.3) is 0 Å². The average Bonchev–Trinajstić information content (AvgIpc) is 2.57. The molecule has 1 saturated heterocycles. The second kappa shape index (κ2) is 8.58. The van der Waals surface area contributed by atoms with E-state index < -0.39 is 0 Å². The first-order chi connectivity index (χ1) is 11.4. The molecule has 134 valence electrons. The van der Waals surface area contributed by atoms with Gasteiger partial charge in [-0.2, -0.15) is 0 Å². The molecule has 1 aliphatic heterocycles. The first kappa shape index (κ1) is 18.9. The zero-order chi connectivity index (χ0) is 17.7. The number of hydrogen-bond acceptors (Lipinski definition) is 3. The number of benzene rings is 1. The predicted molar refractivity (Wildman–Crippen MR) is 95.6 cm³/mol. The summed E-state index contributed by atoms with van der Waals surface area (Å²) in [6.45, 7) is 13.8. The lowest BCUT2D eigenvalue weighted by molar-refractivity contribution is -0.122. The first-order valence-electron chi connectivity index (χ1n) is 8.91. The van der Waals surface area contributed by atoms with Crippen LogP contribution in [0, 0.1) is 19.7 Å². The molecule has 5 heteroatoms. The molecule has 1 aromatic rings. The highest BCUT2D eigenvalue weighted by Gasteiger charge is 2.17. The van der Waals surface area contributed by atoms with Crippen molar-refractivity contribution in [3.8, 4) is 0 Å². The largest absolute Gasteiger partial charge is 0.350 e. The molecule has 1 heterocycles. The fourth-order valence-electron chi connectivity index (χ4n) is 3.22. The molecule has 1 N–H and O–H groups in total. The van der Waals surface area contributed by atoms with E-state index >= 15 is 0 Å². The average molecular weight is 335 g/mol. The van der Waals surface area contributed by atoms with Crippen LogP contribution in [-0.2, 0) is 4.79 Å². The third-order valence-electron chi connectivity index (χ3n) is 4.90. The summed E-state index contributed by atoms with van der Waals surface area (Å²) >= 11 is 0. The minimum absolute atomic E-state index is 0.0556. The summed E-state index contributed by atoms with van der Waals surface area (Å²) in [4.78, 5) is 17.0. The Morgan fingerprint density at radius 3 is 2.25 bits per heavy atom. The molecule has 4 nitrogen and oxygen atoms in total. The van der Waals surface area contributed by atoms with Crippen molar-refractivity contribution < 1.29 is 9.18 Å². The van der Waals surface area contributed by atoms with E-state index in [0.29, 0.717) is 17.5 Å². The van der Waals surface area contributed by atoms with Crippen molar-refractivity contribution in [2.24, 2.45) is 0 Å². The molecule has 0 saturated carbocycles. The number of aryl methyl sites for hydroxylation is 2. The third-order valence-corrected chi connectivity index (χ3v) is 4.90. The molecule has 2 rings (SSSR count). The summed E-state index contributed by atoms with van der Waals surface area (Å²) in [6, 6.07) is 3.53. The Morgan fingerprint density at radius 2 is 1.71 bits per heavy atom. The molecule has 1 aromatic carbocycles. The van der Waals surface area contributed by atoms with Crippen LogP contribution in [-0.4, -0.2) is 55.0 Å². The molecule has 0 aliphatic carbocycles. The van der Waals surface area contributed by atoms with E-state index in [-0.39, 0.29) is 17.8 Å². The summed E-state index contributed by atoms with van der Waals surface area (Å²) < 4.78 is 13.7. The molecule has 0 radical (unpaired) electrons. The van der Waals surface area contributed by atoms with Crippen LogP contribution in [0.3, 0.4) is 0 Å². The van der Waals surface area contributed by atoms with Crippen LogP contribution in [0.4, 0.5) is 4.39 Å². The maximum Gasteiger partial charge on any atom is 0.221 e. The molecular weight excluding hydrogens is 305 g/mol. The standard InChI is InChI=1S/C19H30FN3O/c1-5-22-8-10-23(11-9-22)7-6-18(24)21-16(4)17-12-14(2)19(20)15(3)13-17/h12-13,16H,5-11H2,1-4H3,(H,21,24)/t16-/m1/s1. The Labute approximate surface area is 145 Å². The van der Waals surface area contributed by atoms with Crippen molar-refractivity contribution in [3.05, 3.63) is 34.6 Å². The summed E-state index contributed by atoms with van der Waals surface area (Å²) in [5.41, 5.74) is 2.20. The number of nitrogens with one attached hydrogen (secondary N) is 1. The van der Waals surface area contributed by atoms with Gasteiger partial charge in [-0.1, -0.05) is 19.1 Å². The lowest BCUT2D eigenvalue weighted by atomic mass is 10.0. The highest BCUT2D eigenvalue weighted by atomic mass is 19.1. The molecule has 1 atom stereocenters. The zero-order valence-electron chi connectivity index (χ0n) is 15.4. The lowest BCUT2D eigenvalue weighted by Gasteiger charge is -2.33. The molecule has 0 bridgehead atoms. The van der Waals surface area contributed by atoms with Gasteiger partial charge in [0, 0.05) is 39.1 Å². The summed E-state index contributed by atoms with van der Waals surface area (Å²) in [7, 11) is 0. The molecule has 1 fully saturated rings. The molecule has 0 aromatic heterocycles. The number of halogens is 1. The van der Waals surface area contributed by atoms with E-state index in [1.807, 2.05) is 19.1 Å². The molecule has 1 amide bonds. The van der Waals surface area contributed by atoms with Crippen molar-refractivity contribution in [2.75, 3.05) is 39.3 Å². The Balaban J connectivity index is 1.80. The fraction of sp³-hybridized carbons (Fsp3) is 0.632. The van der Waals surface area contributed by atoms with Crippen LogP contribution < -0.4 is 5.32 Å². The van der Waals surface area contributed by atoms with Crippen molar-refractivity contribution in [1.82, 2.24) is 15.1 Å². The van der Waals surface area contributed by atoms with E-state index in [9.17, 15) is 9.18 Å². The topological polar surface area (TPSA) is 35.6 Å². The van der Waals surface area contributed by atoms with E-state index in [1.165, 1.54) is 0 Å². The number of likely N-dealkylation sites (N-methyl/N-ethyl adjacent to an activating group) is 1. The van der Waals surface area contributed by atoms with Gasteiger partial charge in [0.1, 0.15) is 5.82 Å². The van der Waals surface area contributed by atoms with Crippen molar-refractivity contribution in [3.63, 3.8) is 0 Å². The van der Waals surface area contributed by atoms with Crippen LogP contribution in [0.25, 0.3) is 0 Å². The number of carbonyl (C=O) groups is 1. The SMILES string of the molecule is CCN1CCN(CCC(=O)N[C@H](C)c2cc(C)c(F)c(C)c2)CC1. The van der Waals surface area contributed by atoms with Crippen molar-refractivity contribution in [2.45, 2.75) is 40.2 Å². The van der Waals surface area contributed by atoms with E-state index in [2.05, 4.69) is 22.0 Å². The van der Waals surface area contributed by atoms with Crippen LogP contribution in [0.15, 0.2) is 12.1 Å². The lowest BCUT2D eigenvalue weighted by Crippen LogP contribution is -2.47. The van der Waals surface area contributed by atoms with Gasteiger partial charge in [-0.05, 0) is 44.0 Å². The molecule has 1 aliphatic rings. The van der Waals surface area contributed by atoms with Crippen molar-refractivity contribution in [1.29, 1.82) is 0 Å². The Hall–Kier alpha value is -1.46. The number of carbonyl (C=O) groups excluding carboxylic acids is 1. The van der Waals surface area contributed by atoms with Gasteiger partial charge in [-0.25, -0.2) is 4.39 Å². The zero-order valence-corrected chi connectivity index (χ0v) is 15.4. The highest BCUT2D eigenvalue weighted by molar-refractivity contribution is 5.76. The van der Waals surface area contributed by atoms with Crippen LogP contribution in [0.5, 0.6) is 0 Å². The van der Waals surface area contributed by atoms with E-state index in [4.69, 9.17) is 0 Å². The fourth-order valence-corrected chi connectivity index (χ4v) is 3.22. The quantitative estimate of drug-likeness (QED) is 0.868. The minimum Gasteiger partial charge on any atom is -0.350 e. The smallest absolute Gasteiger partial charge is 0.221 e. The number of nitrogens with zero attached hydrogens (tertiary/aromatic N) is 2. The van der Waals surface area contributed by atoms with Gasteiger partial charge in [-0.15, -0.1) is 0 Å². The normalized spacial score (nSPS) is 17.7. The second-order valence-corrected chi connectivity index (χ2v) is 6.78. The first-order valence-corrected chi connectivity index (χ1v) is 8.91. The van der Waals surface area contributed by atoms with Crippen LogP contribution >= 0.6 is 0 Å². The highest BCUT2D eigenvalue weighted by Crippen LogP contribution is 2.20. The van der Waals surface area contributed by atoms with E-state index in [0.717, 1.165) is 44.8 Å². The predicted octanol–water partition coefficient (Wildman–Crippen LogP) is 2.65. The monoisotopic (exact) mass is 335 g/mol. The maximum atomic E-state index is 13.7. The van der Waals surface area contributed by atoms with Gasteiger partial charge < -0.3 is 15.1 Å². The van der Waals surface area contributed by atoms with Gasteiger partial charge in [0.05, 0.1) is 6.04 Å².